The van der Waals surface area contributed by atoms with E-state index in [-0.39, 0.29) is 5.56 Å². The van der Waals surface area contributed by atoms with Gasteiger partial charge in [0.25, 0.3) is 0 Å². The molecule has 0 aliphatic heterocycles. The zero-order valence-electron chi connectivity index (χ0n) is 9.34. The first-order valence-corrected chi connectivity index (χ1v) is 5.32. The topological polar surface area (TPSA) is 38.1 Å². The van der Waals surface area contributed by atoms with Crippen molar-refractivity contribution in [2.45, 2.75) is 13.5 Å². The van der Waals surface area contributed by atoms with Gasteiger partial charge in [-0.2, -0.15) is 0 Å². The Morgan fingerprint density at radius 3 is 2.88 bits per heavy atom. The Bertz CT molecular complexity index is 511. The molecule has 17 heavy (non-hydrogen) atoms. The molecule has 0 spiro atoms. The molecular formula is C12H12F2N2O. The fraction of sp³-hybridized carbons (Fsp3) is 0.250. The SMILES string of the molecule is CCNCc1cnoc1-c1ccc(F)cc1F. The maximum atomic E-state index is 13.6. The third kappa shape index (κ3) is 2.50. The highest BCUT2D eigenvalue weighted by atomic mass is 19.1. The van der Waals surface area contributed by atoms with Gasteiger partial charge in [-0.1, -0.05) is 12.1 Å². The summed E-state index contributed by atoms with van der Waals surface area (Å²) in [6, 6.07) is 3.37. The lowest BCUT2D eigenvalue weighted by Crippen LogP contribution is -2.11. The fourth-order valence-corrected chi connectivity index (χ4v) is 1.54. The van der Waals surface area contributed by atoms with Gasteiger partial charge < -0.3 is 9.84 Å². The van der Waals surface area contributed by atoms with Crippen LogP contribution in [0.5, 0.6) is 0 Å². The van der Waals surface area contributed by atoms with Crippen LogP contribution >= 0.6 is 0 Å². The van der Waals surface area contributed by atoms with Crippen LogP contribution < -0.4 is 5.32 Å². The Hall–Kier alpha value is -1.75. The van der Waals surface area contributed by atoms with Gasteiger partial charge in [-0.3, -0.25) is 0 Å². The summed E-state index contributed by atoms with van der Waals surface area (Å²) in [7, 11) is 0. The van der Waals surface area contributed by atoms with Crippen LogP contribution in [0.25, 0.3) is 11.3 Å². The summed E-state index contributed by atoms with van der Waals surface area (Å²) in [5.41, 5.74) is 0.967. The van der Waals surface area contributed by atoms with Crippen LogP contribution in [0, 0.1) is 11.6 Å². The monoisotopic (exact) mass is 238 g/mol. The van der Waals surface area contributed by atoms with Gasteiger partial charge in [0.15, 0.2) is 5.76 Å². The Labute approximate surface area is 97.4 Å². The smallest absolute Gasteiger partial charge is 0.174 e. The van der Waals surface area contributed by atoms with E-state index in [1.54, 1.807) is 0 Å². The van der Waals surface area contributed by atoms with E-state index < -0.39 is 11.6 Å². The molecule has 0 saturated carbocycles. The van der Waals surface area contributed by atoms with Crippen LogP contribution in [0.15, 0.2) is 28.9 Å². The van der Waals surface area contributed by atoms with Gasteiger partial charge in [-0.05, 0) is 18.7 Å². The summed E-state index contributed by atoms with van der Waals surface area (Å²) >= 11 is 0. The zero-order valence-corrected chi connectivity index (χ0v) is 9.34. The van der Waals surface area contributed by atoms with E-state index in [1.165, 1.54) is 18.3 Å². The highest BCUT2D eigenvalue weighted by Gasteiger charge is 2.14. The fourth-order valence-electron chi connectivity index (χ4n) is 1.54. The summed E-state index contributed by atoms with van der Waals surface area (Å²) in [6.07, 6.45) is 1.53. The Morgan fingerprint density at radius 2 is 2.18 bits per heavy atom. The van der Waals surface area contributed by atoms with Crippen LogP contribution in [-0.4, -0.2) is 11.7 Å². The van der Waals surface area contributed by atoms with E-state index in [1.807, 2.05) is 6.92 Å². The van der Waals surface area contributed by atoms with Crippen molar-refractivity contribution in [2.75, 3.05) is 6.54 Å². The Kier molecular flexibility index (Phi) is 3.49. The van der Waals surface area contributed by atoms with E-state index >= 15 is 0 Å². The van der Waals surface area contributed by atoms with E-state index in [0.717, 1.165) is 18.2 Å². The summed E-state index contributed by atoms with van der Waals surface area (Å²) < 4.78 is 31.4. The third-order valence-electron chi connectivity index (χ3n) is 2.39. The minimum Gasteiger partial charge on any atom is -0.356 e. The van der Waals surface area contributed by atoms with E-state index in [4.69, 9.17) is 4.52 Å². The van der Waals surface area contributed by atoms with Crippen molar-refractivity contribution in [1.82, 2.24) is 10.5 Å². The van der Waals surface area contributed by atoms with Crippen molar-refractivity contribution >= 4 is 0 Å². The van der Waals surface area contributed by atoms with Crippen molar-refractivity contribution in [1.29, 1.82) is 0 Å². The van der Waals surface area contributed by atoms with Gasteiger partial charge in [0.05, 0.1) is 11.8 Å². The van der Waals surface area contributed by atoms with Crippen molar-refractivity contribution < 1.29 is 13.3 Å². The average Bonchev–Trinajstić information content (AvgIpc) is 2.74. The molecule has 0 saturated heterocycles. The van der Waals surface area contributed by atoms with Crippen LogP contribution in [0.4, 0.5) is 8.78 Å². The number of hydrogen-bond acceptors (Lipinski definition) is 3. The van der Waals surface area contributed by atoms with E-state index in [2.05, 4.69) is 10.5 Å². The molecule has 1 aromatic carbocycles. The van der Waals surface area contributed by atoms with E-state index in [9.17, 15) is 8.78 Å². The van der Waals surface area contributed by atoms with E-state index in [0.29, 0.717) is 12.3 Å². The van der Waals surface area contributed by atoms with Crippen molar-refractivity contribution in [3.8, 4) is 11.3 Å². The zero-order chi connectivity index (χ0) is 12.3. The molecule has 3 nitrogen and oxygen atoms in total. The van der Waals surface area contributed by atoms with Crippen LogP contribution in [0.3, 0.4) is 0 Å². The highest BCUT2D eigenvalue weighted by Crippen LogP contribution is 2.26. The lowest BCUT2D eigenvalue weighted by atomic mass is 10.1. The summed E-state index contributed by atoms with van der Waals surface area (Å²) in [5, 5.41) is 6.73. The second-order valence-corrected chi connectivity index (χ2v) is 3.58. The number of nitrogens with one attached hydrogen (secondary N) is 1. The molecule has 5 heteroatoms. The molecule has 0 amide bonds. The molecular weight excluding hydrogens is 226 g/mol. The van der Waals surface area contributed by atoms with Crippen molar-refractivity contribution in [2.24, 2.45) is 0 Å². The standard InChI is InChI=1S/C12H12F2N2O/c1-2-15-6-8-7-16-17-12(8)10-4-3-9(13)5-11(10)14/h3-5,7,15H,2,6H2,1H3. The molecule has 0 fully saturated rings. The van der Waals surface area contributed by atoms with Crippen LogP contribution in [0.1, 0.15) is 12.5 Å². The number of benzene rings is 1. The Morgan fingerprint density at radius 1 is 1.35 bits per heavy atom. The molecule has 1 aromatic heterocycles. The predicted molar refractivity (Wildman–Crippen MR) is 59.2 cm³/mol. The number of aromatic nitrogens is 1. The maximum absolute atomic E-state index is 13.6. The van der Waals surface area contributed by atoms with Gasteiger partial charge in [0, 0.05) is 18.2 Å². The first-order chi connectivity index (χ1) is 8.22. The number of nitrogens with zero attached hydrogens (tertiary/aromatic N) is 1. The third-order valence-corrected chi connectivity index (χ3v) is 2.39. The molecule has 2 aromatic rings. The van der Waals surface area contributed by atoms with Crippen LogP contribution in [0.2, 0.25) is 0 Å². The molecule has 2 rings (SSSR count). The highest BCUT2D eigenvalue weighted by molar-refractivity contribution is 5.61. The van der Waals surface area contributed by atoms with Crippen molar-refractivity contribution in [3.63, 3.8) is 0 Å². The lowest BCUT2D eigenvalue weighted by molar-refractivity contribution is 0.428. The number of hydrogen-bond donors (Lipinski definition) is 1. The largest absolute Gasteiger partial charge is 0.356 e. The molecule has 0 bridgehead atoms. The summed E-state index contributed by atoms with van der Waals surface area (Å²) in [4.78, 5) is 0. The summed E-state index contributed by atoms with van der Waals surface area (Å²) in [6.45, 7) is 3.29. The van der Waals surface area contributed by atoms with Gasteiger partial charge in [0.2, 0.25) is 0 Å². The molecule has 0 aliphatic rings. The minimum absolute atomic E-state index is 0.219. The number of halogens is 2. The molecule has 1 heterocycles. The summed E-state index contributed by atoms with van der Waals surface area (Å²) in [5.74, 6) is -0.929. The van der Waals surface area contributed by atoms with Crippen molar-refractivity contribution in [3.05, 3.63) is 41.6 Å². The molecule has 0 atom stereocenters. The second kappa shape index (κ2) is 5.05. The molecule has 90 valence electrons. The van der Waals surface area contributed by atoms with Gasteiger partial charge in [-0.25, -0.2) is 8.78 Å². The first kappa shape index (κ1) is 11.7. The average molecular weight is 238 g/mol. The van der Waals surface area contributed by atoms with Gasteiger partial charge in [0.1, 0.15) is 11.6 Å². The normalized spacial score (nSPS) is 10.8. The molecule has 0 radical (unpaired) electrons. The molecule has 1 N–H and O–H groups in total. The lowest BCUT2D eigenvalue weighted by Gasteiger charge is -2.03. The molecule has 0 unspecified atom stereocenters. The first-order valence-electron chi connectivity index (χ1n) is 5.32. The predicted octanol–water partition coefficient (Wildman–Crippen LogP) is 2.73. The quantitative estimate of drug-likeness (QED) is 0.890. The Balaban J connectivity index is 2.35. The van der Waals surface area contributed by atoms with Crippen LogP contribution in [-0.2, 0) is 6.54 Å². The van der Waals surface area contributed by atoms with Gasteiger partial charge in [-0.15, -0.1) is 0 Å². The van der Waals surface area contributed by atoms with Gasteiger partial charge >= 0.3 is 0 Å². The number of rotatable bonds is 4. The molecule has 0 aliphatic carbocycles. The second-order valence-electron chi connectivity index (χ2n) is 3.58. The maximum Gasteiger partial charge on any atom is 0.174 e. The minimum atomic E-state index is -0.653.